The number of nitrogens with zero attached hydrogens (tertiary/aromatic N) is 4. The fourth-order valence-corrected chi connectivity index (χ4v) is 8.55. The van der Waals surface area contributed by atoms with Gasteiger partial charge in [0.1, 0.15) is 5.58 Å². The van der Waals surface area contributed by atoms with Crippen LogP contribution in [0, 0.1) is 0 Å². The van der Waals surface area contributed by atoms with Crippen LogP contribution in [0.5, 0.6) is 0 Å². The van der Waals surface area contributed by atoms with Crippen molar-refractivity contribution in [3.05, 3.63) is 169 Å². The molecular formula is C48H32N4O. The standard InChI is InChI=1S/C48H32N4O/c1-48(2)36-21-11-9-18-34(36)42-37(48)26-27-39-43(42)35-19-10-12-22-38(35)52(39)40-23-13-20-33-32-25-24-31(28-41(32)53-44(33)40)47-50-45(29-14-5-3-6-15-29)49-46(51-47)30-16-7-4-8-17-30/h3-28H,1-2H3. The van der Waals surface area contributed by atoms with E-state index in [4.69, 9.17) is 19.4 Å². The molecule has 11 rings (SSSR count). The van der Waals surface area contributed by atoms with Gasteiger partial charge in [0.25, 0.3) is 0 Å². The summed E-state index contributed by atoms with van der Waals surface area (Å²) in [4.78, 5) is 14.8. The smallest absolute Gasteiger partial charge is 0.164 e. The van der Waals surface area contributed by atoms with Crippen molar-refractivity contribution in [2.75, 3.05) is 0 Å². The number of aromatic nitrogens is 4. The molecule has 53 heavy (non-hydrogen) atoms. The van der Waals surface area contributed by atoms with E-state index in [9.17, 15) is 0 Å². The number of benzene rings is 7. The van der Waals surface area contributed by atoms with Gasteiger partial charge in [-0.05, 0) is 52.6 Å². The average Bonchev–Trinajstić information content (AvgIpc) is 3.83. The molecule has 0 N–H and O–H groups in total. The van der Waals surface area contributed by atoms with E-state index in [-0.39, 0.29) is 5.41 Å². The second-order valence-electron chi connectivity index (χ2n) is 14.4. The van der Waals surface area contributed by atoms with E-state index >= 15 is 0 Å². The van der Waals surface area contributed by atoms with E-state index in [0.29, 0.717) is 17.5 Å². The second kappa shape index (κ2) is 11.1. The van der Waals surface area contributed by atoms with Gasteiger partial charge in [-0.2, -0.15) is 0 Å². The van der Waals surface area contributed by atoms with E-state index in [2.05, 4.69) is 115 Å². The second-order valence-corrected chi connectivity index (χ2v) is 14.4. The Labute approximate surface area is 305 Å². The van der Waals surface area contributed by atoms with Gasteiger partial charge in [0.15, 0.2) is 23.1 Å². The third-order valence-electron chi connectivity index (χ3n) is 11.1. The fourth-order valence-electron chi connectivity index (χ4n) is 8.55. The number of hydrogen-bond acceptors (Lipinski definition) is 4. The van der Waals surface area contributed by atoms with Gasteiger partial charge in [0, 0.05) is 43.7 Å². The van der Waals surface area contributed by atoms with E-state index in [1.807, 2.05) is 60.7 Å². The number of hydrogen-bond donors (Lipinski definition) is 0. The summed E-state index contributed by atoms with van der Waals surface area (Å²) in [6, 6.07) is 55.1. The highest BCUT2D eigenvalue weighted by Crippen LogP contribution is 2.53. The van der Waals surface area contributed by atoms with Crippen LogP contribution in [0.25, 0.3) is 94.7 Å². The van der Waals surface area contributed by atoms with Crippen LogP contribution >= 0.6 is 0 Å². The maximum absolute atomic E-state index is 6.89. The Morgan fingerprint density at radius 2 is 1.13 bits per heavy atom. The summed E-state index contributed by atoms with van der Waals surface area (Å²) in [6.07, 6.45) is 0. The van der Waals surface area contributed by atoms with Crippen LogP contribution in [-0.2, 0) is 5.41 Å². The van der Waals surface area contributed by atoms with Crippen molar-refractivity contribution in [1.82, 2.24) is 19.5 Å². The lowest BCUT2D eigenvalue weighted by Gasteiger charge is -2.21. The molecule has 3 aromatic heterocycles. The zero-order valence-corrected chi connectivity index (χ0v) is 29.2. The fraction of sp³-hybridized carbons (Fsp3) is 0.0625. The van der Waals surface area contributed by atoms with Gasteiger partial charge in [0.05, 0.1) is 16.7 Å². The SMILES string of the molecule is CC1(C)c2ccccc2-c2c1ccc1c2c2ccccc2n1-c1cccc2c1oc1cc(-c3nc(-c4ccccc4)nc(-c4ccccc4)n3)ccc12. The molecule has 7 aromatic carbocycles. The molecular weight excluding hydrogens is 649 g/mol. The summed E-state index contributed by atoms with van der Waals surface area (Å²) in [5, 5.41) is 4.63. The summed E-state index contributed by atoms with van der Waals surface area (Å²) in [5.74, 6) is 1.86. The predicted molar refractivity (Wildman–Crippen MR) is 215 cm³/mol. The van der Waals surface area contributed by atoms with Crippen LogP contribution < -0.4 is 0 Å². The molecule has 0 spiro atoms. The van der Waals surface area contributed by atoms with Crippen LogP contribution in [0.3, 0.4) is 0 Å². The summed E-state index contributed by atoms with van der Waals surface area (Å²) in [5.41, 5.74) is 13.0. The molecule has 1 aliphatic carbocycles. The highest BCUT2D eigenvalue weighted by molar-refractivity contribution is 6.19. The molecule has 0 amide bonds. The highest BCUT2D eigenvalue weighted by Gasteiger charge is 2.37. The summed E-state index contributed by atoms with van der Waals surface area (Å²) in [7, 11) is 0. The summed E-state index contributed by atoms with van der Waals surface area (Å²) >= 11 is 0. The summed E-state index contributed by atoms with van der Waals surface area (Å²) < 4.78 is 9.27. The quantitative estimate of drug-likeness (QED) is 0.186. The van der Waals surface area contributed by atoms with Crippen molar-refractivity contribution in [3.8, 4) is 51.0 Å². The summed E-state index contributed by atoms with van der Waals surface area (Å²) in [6.45, 7) is 4.68. The molecule has 10 aromatic rings. The average molecular weight is 681 g/mol. The molecule has 0 atom stereocenters. The molecule has 0 radical (unpaired) electrons. The Balaban J connectivity index is 1.12. The van der Waals surface area contributed by atoms with Gasteiger partial charge in [-0.1, -0.05) is 141 Å². The lowest BCUT2D eigenvalue weighted by Crippen LogP contribution is -2.14. The van der Waals surface area contributed by atoms with Gasteiger partial charge >= 0.3 is 0 Å². The number of fused-ring (bicyclic) bond motifs is 10. The molecule has 5 heteroatoms. The lowest BCUT2D eigenvalue weighted by molar-refractivity contribution is 0.660. The topological polar surface area (TPSA) is 56.7 Å². The van der Waals surface area contributed by atoms with Gasteiger partial charge < -0.3 is 8.98 Å². The van der Waals surface area contributed by atoms with Crippen molar-refractivity contribution in [1.29, 1.82) is 0 Å². The molecule has 250 valence electrons. The lowest BCUT2D eigenvalue weighted by atomic mass is 9.82. The van der Waals surface area contributed by atoms with Crippen LogP contribution in [0.1, 0.15) is 25.0 Å². The van der Waals surface area contributed by atoms with E-state index < -0.39 is 0 Å². The third-order valence-corrected chi connectivity index (χ3v) is 11.1. The first-order valence-corrected chi connectivity index (χ1v) is 18.0. The van der Waals surface area contributed by atoms with Crippen molar-refractivity contribution in [2.24, 2.45) is 0 Å². The van der Waals surface area contributed by atoms with Crippen molar-refractivity contribution in [2.45, 2.75) is 19.3 Å². The Bertz CT molecular complexity index is 3020. The Morgan fingerprint density at radius 3 is 1.89 bits per heavy atom. The Hall–Kier alpha value is -6.85. The monoisotopic (exact) mass is 680 g/mol. The van der Waals surface area contributed by atoms with Crippen LogP contribution in [0.15, 0.2) is 162 Å². The van der Waals surface area contributed by atoms with Crippen molar-refractivity contribution in [3.63, 3.8) is 0 Å². The predicted octanol–water partition coefficient (Wildman–Crippen LogP) is 12.2. The highest BCUT2D eigenvalue weighted by atomic mass is 16.3. The van der Waals surface area contributed by atoms with Gasteiger partial charge in [-0.25, -0.2) is 15.0 Å². The number of furan rings is 1. The number of para-hydroxylation sites is 2. The molecule has 1 aliphatic rings. The molecule has 0 saturated heterocycles. The van der Waals surface area contributed by atoms with E-state index in [1.54, 1.807) is 0 Å². The molecule has 0 fully saturated rings. The normalized spacial score (nSPS) is 13.2. The van der Waals surface area contributed by atoms with Gasteiger partial charge in [-0.3, -0.25) is 0 Å². The minimum Gasteiger partial charge on any atom is -0.454 e. The minimum absolute atomic E-state index is 0.0813. The van der Waals surface area contributed by atoms with Crippen LogP contribution in [0.2, 0.25) is 0 Å². The zero-order chi connectivity index (χ0) is 35.3. The molecule has 3 heterocycles. The molecule has 0 saturated carbocycles. The minimum atomic E-state index is -0.0813. The van der Waals surface area contributed by atoms with Gasteiger partial charge in [0.2, 0.25) is 0 Å². The Kier molecular flexibility index (Phi) is 6.23. The van der Waals surface area contributed by atoms with E-state index in [0.717, 1.165) is 55.3 Å². The zero-order valence-electron chi connectivity index (χ0n) is 29.2. The van der Waals surface area contributed by atoms with Gasteiger partial charge in [-0.15, -0.1) is 0 Å². The van der Waals surface area contributed by atoms with Crippen molar-refractivity contribution < 1.29 is 4.42 Å². The van der Waals surface area contributed by atoms with Crippen molar-refractivity contribution >= 4 is 43.7 Å². The third kappa shape index (κ3) is 4.34. The molecule has 0 unspecified atom stereocenters. The molecule has 5 nitrogen and oxygen atoms in total. The maximum atomic E-state index is 6.89. The molecule has 0 bridgehead atoms. The van der Waals surface area contributed by atoms with E-state index in [1.165, 1.54) is 33.0 Å². The first kappa shape index (κ1) is 29.8. The largest absolute Gasteiger partial charge is 0.454 e. The first-order chi connectivity index (χ1) is 26.0. The first-order valence-electron chi connectivity index (χ1n) is 18.0. The maximum Gasteiger partial charge on any atom is 0.164 e. The van der Waals surface area contributed by atoms with Crippen LogP contribution in [0.4, 0.5) is 0 Å². The molecule has 0 aliphatic heterocycles. The van der Waals surface area contributed by atoms with Crippen LogP contribution in [-0.4, -0.2) is 19.5 Å². The number of rotatable bonds is 4. The Morgan fingerprint density at radius 1 is 0.491 bits per heavy atom.